The molecule has 2 N–H and O–H groups in total. The van der Waals surface area contributed by atoms with Crippen molar-refractivity contribution in [2.45, 2.75) is 39.8 Å². The van der Waals surface area contributed by atoms with E-state index >= 15 is 0 Å². The summed E-state index contributed by atoms with van der Waals surface area (Å²) in [7, 11) is 0. The van der Waals surface area contributed by atoms with Crippen molar-refractivity contribution in [3.8, 4) is 17.1 Å². The van der Waals surface area contributed by atoms with Crippen LogP contribution in [0, 0.1) is 0 Å². The Morgan fingerprint density at radius 3 is 2.48 bits per heavy atom. The maximum Gasteiger partial charge on any atom is 0.314 e. The summed E-state index contributed by atoms with van der Waals surface area (Å²) in [5.41, 5.74) is 1.93. The minimum Gasteiger partial charge on any atom is -0.478 e. The molecule has 1 aromatic carbocycles. The first-order valence-corrected chi connectivity index (χ1v) is 10.1. The van der Waals surface area contributed by atoms with Crippen LogP contribution < -0.4 is 15.4 Å². The number of hydrogen-bond donors (Lipinski definition) is 2. The number of hydrogen-bond acceptors (Lipinski definition) is 5. The number of amides is 2. The molecule has 31 heavy (non-hydrogen) atoms. The molecule has 0 aliphatic heterocycles. The predicted molar refractivity (Wildman–Crippen MR) is 119 cm³/mol. The first-order valence-electron chi connectivity index (χ1n) is 10.1. The lowest BCUT2D eigenvalue weighted by atomic mass is 10.1. The van der Waals surface area contributed by atoms with Crippen molar-refractivity contribution in [2.75, 3.05) is 11.9 Å². The molecule has 3 aromatic rings. The lowest BCUT2D eigenvalue weighted by molar-refractivity contribution is -0.136. The molecule has 8 nitrogen and oxygen atoms in total. The summed E-state index contributed by atoms with van der Waals surface area (Å²) in [5.74, 6) is -0.645. The van der Waals surface area contributed by atoms with Crippen molar-refractivity contribution < 1.29 is 14.3 Å². The maximum absolute atomic E-state index is 12.6. The zero-order valence-electron chi connectivity index (χ0n) is 18.2. The Labute approximate surface area is 181 Å². The van der Waals surface area contributed by atoms with Crippen LogP contribution in [0.25, 0.3) is 11.3 Å². The lowest BCUT2D eigenvalue weighted by Gasteiger charge is -2.22. The number of carbonyl (C=O) groups is 2. The molecule has 3 rings (SSSR count). The molecule has 2 amide bonds. The van der Waals surface area contributed by atoms with E-state index in [9.17, 15) is 9.59 Å². The molecule has 0 unspecified atom stereocenters. The van der Waals surface area contributed by atoms with Crippen LogP contribution in [-0.4, -0.2) is 33.2 Å². The summed E-state index contributed by atoms with van der Waals surface area (Å²) >= 11 is 0. The van der Waals surface area contributed by atoms with Crippen molar-refractivity contribution in [1.82, 2.24) is 20.1 Å². The van der Waals surface area contributed by atoms with E-state index in [1.54, 1.807) is 29.1 Å². The Balaban J connectivity index is 1.73. The zero-order chi connectivity index (χ0) is 22.4. The second-order valence-electron chi connectivity index (χ2n) is 7.90. The van der Waals surface area contributed by atoms with Gasteiger partial charge >= 0.3 is 11.8 Å². The number of ether oxygens (including phenoxy) is 1. The highest BCUT2D eigenvalue weighted by atomic mass is 16.5. The van der Waals surface area contributed by atoms with Gasteiger partial charge in [0, 0.05) is 29.9 Å². The molecule has 0 spiro atoms. The molecular formula is C23H27N5O3. The van der Waals surface area contributed by atoms with Gasteiger partial charge in [-0.2, -0.15) is 5.10 Å². The second-order valence-corrected chi connectivity index (χ2v) is 7.90. The summed E-state index contributed by atoms with van der Waals surface area (Å²) in [6.07, 6.45) is 1.61. The Morgan fingerprint density at radius 1 is 1.06 bits per heavy atom. The average Bonchev–Trinajstić information content (AvgIpc) is 3.18. The first kappa shape index (κ1) is 22.0. The van der Waals surface area contributed by atoms with E-state index < -0.39 is 17.4 Å². The minimum atomic E-state index is -0.771. The number of carbonyl (C=O) groups excluding carboxylic acids is 2. The van der Waals surface area contributed by atoms with Gasteiger partial charge in [0.1, 0.15) is 5.82 Å². The van der Waals surface area contributed by atoms with E-state index in [2.05, 4.69) is 20.7 Å². The van der Waals surface area contributed by atoms with Crippen molar-refractivity contribution >= 4 is 17.6 Å². The Hall–Kier alpha value is -3.68. The Bertz CT molecular complexity index is 1050. The summed E-state index contributed by atoms with van der Waals surface area (Å²) in [5, 5.41) is 9.93. The smallest absolute Gasteiger partial charge is 0.314 e. The van der Waals surface area contributed by atoms with E-state index in [4.69, 9.17) is 4.74 Å². The van der Waals surface area contributed by atoms with Crippen molar-refractivity contribution in [3.05, 3.63) is 60.3 Å². The molecule has 0 aliphatic rings. The van der Waals surface area contributed by atoms with Gasteiger partial charge in [-0.25, -0.2) is 9.67 Å². The third kappa shape index (κ3) is 5.48. The Morgan fingerprint density at radius 2 is 1.81 bits per heavy atom. The van der Waals surface area contributed by atoms with Crippen LogP contribution in [0.15, 0.2) is 54.7 Å². The maximum atomic E-state index is 12.6. The zero-order valence-corrected chi connectivity index (χ0v) is 18.2. The summed E-state index contributed by atoms with van der Waals surface area (Å²) < 4.78 is 7.15. The third-order valence-corrected chi connectivity index (χ3v) is 4.43. The lowest BCUT2D eigenvalue weighted by Crippen LogP contribution is -2.36. The minimum absolute atomic E-state index is 0.128. The summed E-state index contributed by atoms with van der Waals surface area (Å²) in [4.78, 5) is 29.1. The predicted octanol–water partition coefficient (Wildman–Crippen LogP) is 3.35. The number of rotatable bonds is 6. The van der Waals surface area contributed by atoms with E-state index in [0.717, 1.165) is 5.56 Å². The summed E-state index contributed by atoms with van der Waals surface area (Å²) in [6, 6.07) is 15.0. The molecule has 0 bridgehead atoms. The van der Waals surface area contributed by atoms with Crippen LogP contribution in [0.4, 0.5) is 5.82 Å². The average molecular weight is 422 g/mol. The van der Waals surface area contributed by atoms with Gasteiger partial charge in [-0.15, -0.1) is 0 Å². The first-order chi connectivity index (χ1) is 14.8. The van der Waals surface area contributed by atoms with Gasteiger partial charge in [0.2, 0.25) is 5.88 Å². The van der Waals surface area contributed by atoms with Crippen LogP contribution in [0.2, 0.25) is 0 Å². The highest BCUT2D eigenvalue weighted by Crippen LogP contribution is 2.27. The molecule has 2 heterocycles. The topological polar surface area (TPSA) is 98.1 Å². The number of benzene rings is 1. The van der Waals surface area contributed by atoms with Crippen LogP contribution in [0.3, 0.4) is 0 Å². The molecule has 0 radical (unpaired) electrons. The van der Waals surface area contributed by atoms with Gasteiger partial charge in [0.15, 0.2) is 0 Å². The SMILES string of the molecule is CCOc1ncccc1CNC(=O)C(=O)Nc1cc(-c2ccccc2)nn1C(C)(C)C. The largest absolute Gasteiger partial charge is 0.478 e. The molecule has 0 saturated heterocycles. The number of aromatic nitrogens is 3. The van der Waals surface area contributed by atoms with Crippen molar-refractivity contribution in [1.29, 1.82) is 0 Å². The molecular weight excluding hydrogens is 394 g/mol. The van der Waals surface area contributed by atoms with E-state index in [-0.39, 0.29) is 6.54 Å². The van der Waals surface area contributed by atoms with Gasteiger partial charge in [0.25, 0.3) is 0 Å². The second kappa shape index (κ2) is 9.42. The fourth-order valence-electron chi connectivity index (χ4n) is 2.99. The van der Waals surface area contributed by atoms with Crippen LogP contribution in [0.1, 0.15) is 33.3 Å². The fraction of sp³-hybridized carbons (Fsp3) is 0.304. The fourth-order valence-corrected chi connectivity index (χ4v) is 2.99. The van der Waals surface area contributed by atoms with Gasteiger partial charge in [-0.05, 0) is 33.8 Å². The molecule has 0 atom stereocenters. The van der Waals surface area contributed by atoms with E-state index in [1.165, 1.54) is 0 Å². The highest BCUT2D eigenvalue weighted by Gasteiger charge is 2.23. The van der Waals surface area contributed by atoms with Gasteiger partial charge < -0.3 is 15.4 Å². The Kier molecular flexibility index (Phi) is 6.69. The molecule has 0 saturated carbocycles. The number of nitrogens with one attached hydrogen (secondary N) is 2. The molecule has 162 valence electrons. The van der Waals surface area contributed by atoms with E-state index in [1.807, 2.05) is 58.0 Å². The summed E-state index contributed by atoms with van der Waals surface area (Å²) in [6.45, 7) is 8.36. The number of nitrogens with zero attached hydrogens (tertiary/aromatic N) is 3. The van der Waals surface area contributed by atoms with Gasteiger partial charge in [-0.3, -0.25) is 9.59 Å². The third-order valence-electron chi connectivity index (χ3n) is 4.43. The van der Waals surface area contributed by atoms with Crippen molar-refractivity contribution in [2.24, 2.45) is 0 Å². The molecule has 0 fully saturated rings. The van der Waals surface area contributed by atoms with E-state index in [0.29, 0.717) is 29.6 Å². The van der Waals surface area contributed by atoms with Gasteiger partial charge in [0.05, 0.1) is 17.8 Å². The van der Waals surface area contributed by atoms with Crippen LogP contribution in [0.5, 0.6) is 5.88 Å². The quantitative estimate of drug-likeness (QED) is 0.595. The van der Waals surface area contributed by atoms with Crippen LogP contribution >= 0.6 is 0 Å². The van der Waals surface area contributed by atoms with Crippen molar-refractivity contribution in [3.63, 3.8) is 0 Å². The standard InChI is InChI=1S/C23H27N5O3/c1-5-31-22-17(12-9-13-24-22)15-25-20(29)21(30)26-19-14-18(16-10-7-6-8-11-16)27-28(19)23(2,3)4/h6-14H,5,15H2,1-4H3,(H,25,29)(H,26,30). The number of pyridine rings is 1. The molecule has 8 heteroatoms. The normalized spacial score (nSPS) is 11.1. The van der Waals surface area contributed by atoms with Crippen LogP contribution in [-0.2, 0) is 21.7 Å². The monoisotopic (exact) mass is 421 g/mol. The molecule has 2 aromatic heterocycles. The highest BCUT2D eigenvalue weighted by molar-refractivity contribution is 6.39. The number of anilines is 1. The molecule has 0 aliphatic carbocycles. The van der Waals surface area contributed by atoms with Gasteiger partial charge in [-0.1, -0.05) is 36.4 Å².